The van der Waals surface area contributed by atoms with Crippen molar-refractivity contribution >= 4 is 11.8 Å². The van der Waals surface area contributed by atoms with Crippen molar-refractivity contribution in [3.8, 4) is 0 Å². The summed E-state index contributed by atoms with van der Waals surface area (Å²) in [5.41, 5.74) is -0.0363. The number of rotatable bonds is 1. The van der Waals surface area contributed by atoms with Gasteiger partial charge in [0, 0.05) is 33.1 Å². The van der Waals surface area contributed by atoms with Crippen LogP contribution < -0.4 is 0 Å². The van der Waals surface area contributed by atoms with Crippen LogP contribution in [0, 0.1) is 23.2 Å². The zero-order chi connectivity index (χ0) is 15.3. The van der Waals surface area contributed by atoms with Gasteiger partial charge in [-0.05, 0) is 49.9 Å². The smallest absolute Gasteiger partial charge is 0.228 e. The van der Waals surface area contributed by atoms with E-state index in [4.69, 9.17) is 0 Å². The molecule has 22 heavy (non-hydrogen) atoms. The van der Waals surface area contributed by atoms with Gasteiger partial charge in [0.1, 0.15) is 0 Å². The Bertz CT molecular complexity index is 465. The van der Waals surface area contributed by atoms with Crippen molar-refractivity contribution in [3.05, 3.63) is 0 Å². The molecule has 1 saturated heterocycles. The van der Waals surface area contributed by atoms with Gasteiger partial charge in [0.15, 0.2) is 0 Å². The maximum atomic E-state index is 13.3. The Morgan fingerprint density at radius 1 is 0.818 bits per heavy atom. The maximum Gasteiger partial charge on any atom is 0.228 e. The van der Waals surface area contributed by atoms with Gasteiger partial charge in [0.2, 0.25) is 11.8 Å². The molecule has 4 bridgehead atoms. The van der Waals surface area contributed by atoms with Crippen molar-refractivity contribution in [2.75, 3.05) is 26.2 Å². The van der Waals surface area contributed by atoms with E-state index in [9.17, 15) is 9.59 Å². The second-order valence-electron chi connectivity index (χ2n) is 8.34. The fourth-order valence-corrected chi connectivity index (χ4v) is 6.01. The largest absolute Gasteiger partial charge is 0.339 e. The molecular formula is C18H28N2O2. The summed E-state index contributed by atoms with van der Waals surface area (Å²) in [4.78, 5) is 28.7. The molecule has 4 aliphatic carbocycles. The predicted octanol–water partition coefficient (Wildman–Crippen LogP) is 2.28. The molecule has 4 nitrogen and oxygen atoms in total. The van der Waals surface area contributed by atoms with E-state index < -0.39 is 0 Å². The first-order valence-electron chi connectivity index (χ1n) is 9.11. The molecule has 1 heterocycles. The minimum absolute atomic E-state index is 0.0363. The molecule has 0 N–H and O–H groups in total. The first kappa shape index (κ1) is 14.5. The molecule has 5 fully saturated rings. The minimum atomic E-state index is -0.0363. The van der Waals surface area contributed by atoms with Crippen molar-refractivity contribution in [2.45, 2.75) is 51.9 Å². The number of amides is 2. The van der Waals surface area contributed by atoms with Gasteiger partial charge in [-0.25, -0.2) is 0 Å². The number of hydrogen-bond donors (Lipinski definition) is 0. The van der Waals surface area contributed by atoms with Crippen molar-refractivity contribution in [1.82, 2.24) is 9.80 Å². The summed E-state index contributed by atoms with van der Waals surface area (Å²) in [5, 5.41) is 0. The fraction of sp³-hybridized carbons (Fsp3) is 0.889. The maximum absolute atomic E-state index is 13.3. The Morgan fingerprint density at radius 3 is 1.86 bits per heavy atom. The van der Waals surface area contributed by atoms with Gasteiger partial charge in [-0.15, -0.1) is 0 Å². The summed E-state index contributed by atoms with van der Waals surface area (Å²) in [6, 6.07) is 0. The van der Waals surface area contributed by atoms with Gasteiger partial charge in [-0.1, -0.05) is 12.8 Å². The van der Waals surface area contributed by atoms with Crippen molar-refractivity contribution in [3.63, 3.8) is 0 Å². The number of piperazine rings is 1. The second kappa shape index (κ2) is 5.24. The monoisotopic (exact) mass is 304 g/mol. The molecular weight excluding hydrogens is 276 g/mol. The van der Waals surface area contributed by atoms with Crippen LogP contribution in [0.5, 0.6) is 0 Å². The van der Waals surface area contributed by atoms with Crippen LogP contribution in [0.25, 0.3) is 0 Å². The number of carbonyl (C=O) groups excluding carboxylic acids is 2. The van der Waals surface area contributed by atoms with Crippen LogP contribution in [0.2, 0.25) is 0 Å². The number of carbonyl (C=O) groups is 2. The lowest BCUT2D eigenvalue weighted by molar-refractivity contribution is -0.153. The van der Waals surface area contributed by atoms with Gasteiger partial charge in [0.25, 0.3) is 0 Å². The van der Waals surface area contributed by atoms with E-state index in [1.165, 1.54) is 25.7 Å². The van der Waals surface area contributed by atoms with E-state index in [-0.39, 0.29) is 11.3 Å². The molecule has 5 aliphatic rings. The van der Waals surface area contributed by atoms with E-state index in [1.807, 2.05) is 4.90 Å². The highest BCUT2D eigenvalue weighted by Gasteiger charge is 2.53. The highest BCUT2D eigenvalue weighted by atomic mass is 16.2. The molecule has 5 rings (SSSR count). The minimum Gasteiger partial charge on any atom is -0.339 e. The van der Waals surface area contributed by atoms with Gasteiger partial charge >= 0.3 is 0 Å². The zero-order valence-electron chi connectivity index (χ0n) is 13.7. The number of nitrogens with zero attached hydrogens (tertiary/aromatic N) is 2. The average molecular weight is 304 g/mol. The summed E-state index contributed by atoms with van der Waals surface area (Å²) >= 11 is 0. The molecule has 4 atom stereocenters. The second-order valence-corrected chi connectivity index (χ2v) is 8.34. The fourth-order valence-electron chi connectivity index (χ4n) is 6.01. The van der Waals surface area contributed by atoms with Gasteiger partial charge in [-0.3, -0.25) is 9.59 Å². The van der Waals surface area contributed by atoms with Crippen LogP contribution in [0.4, 0.5) is 0 Å². The SMILES string of the molecule is CC(=O)N1CCN(C(=O)C23CC4C[C@@H](CC[C@@H](C4)C2)C3)CC1. The van der Waals surface area contributed by atoms with Gasteiger partial charge in [-0.2, -0.15) is 0 Å². The van der Waals surface area contributed by atoms with E-state index in [0.29, 0.717) is 19.0 Å². The molecule has 0 spiro atoms. The van der Waals surface area contributed by atoms with Crippen LogP contribution in [-0.2, 0) is 9.59 Å². The van der Waals surface area contributed by atoms with E-state index in [2.05, 4.69) is 4.90 Å². The summed E-state index contributed by atoms with van der Waals surface area (Å²) in [5.74, 6) is 2.97. The summed E-state index contributed by atoms with van der Waals surface area (Å²) in [6.07, 6.45) is 8.90. The molecule has 0 radical (unpaired) electrons. The van der Waals surface area contributed by atoms with Crippen molar-refractivity contribution in [2.24, 2.45) is 23.2 Å². The molecule has 0 aromatic heterocycles. The van der Waals surface area contributed by atoms with Gasteiger partial charge in [0.05, 0.1) is 5.41 Å². The lowest BCUT2D eigenvalue weighted by atomic mass is 9.58. The third-order valence-electron chi connectivity index (χ3n) is 6.82. The molecule has 0 aromatic rings. The Hall–Kier alpha value is -1.06. The van der Waals surface area contributed by atoms with Crippen molar-refractivity contribution < 1.29 is 9.59 Å². The van der Waals surface area contributed by atoms with Crippen molar-refractivity contribution in [1.29, 1.82) is 0 Å². The third kappa shape index (κ3) is 2.35. The Labute approximate surface area is 133 Å². The van der Waals surface area contributed by atoms with Crippen LogP contribution in [0.15, 0.2) is 0 Å². The Kier molecular flexibility index (Phi) is 3.46. The predicted molar refractivity (Wildman–Crippen MR) is 84.1 cm³/mol. The van der Waals surface area contributed by atoms with Crippen LogP contribution in [0.1, 0.15) is 51.9 Å². The van der Waals surface area contributed by atoms with Crippen LogP contribution >= 0.6 is 0 Å². The molecule has 4 heteroatoms. The van der Waals surface area contributed by atoms with E-state index in [0.717, 1.165) is 50.1 Å². The first-order chi connectivity index (χ1) is 10.6. The third-order valence-corrected chi connectivity index (χ3v) is 6.82. The summed E-state index contributed by atoms with van der Waals surface area (Å²) < 4.78 is 0. The van der Waals surface area contributed by atoms with E-state index in [1.54, 1.807) is 6.92 Å². The summed E-state index contributed by atoms with van der Waals surface area (Å²) in [6.45, 7) is 4.53. The highest BCUT2D eigenvalue weighted by Crippen LogP contribution is 2.58. The van der Waals surface area contributed by atoms with E-state index >= 15 is 0 Å². The number of hydrogen-bond acceptors (Lipinski definition) is 2. The normalized spacial score (nSPS) is 40.7. The summed E-state index contributed by atoms with van der Waals surface area (Å²) in [7, 11) is 0. The Balaban J connectivity index is 1.49. The lowest BCUT2D eigenvalue weighted by Crippen LogP contribution is -2.56. The quantitative estimate of drug-likeness (QED) is 0.746. The molecule has 122 valence electrons. The molecule has 2 unspecified atom stereocenters. The average Bonchev–Trinajstić information content (AvgIpc) is 2.72. The lowest BCUT2D eigenvalue weighted by Gasteiger charge is -2.49. The molecule has 1 aliphatic heterocycles. The standard InChI is InChI=1S/C18H28N2O2/c1-13(21)19-4-6-20(7-5-19)17(22)18-10-14-2-3-15(11-18)9-16(8-14)12-18/h14-16H,2-12H2,1H3/t14-,15+,16?,18?. The van der Waals surface area contributed by atoms with Crippen LogP contribution in [-0.4, -0.2) is 47.8 Å². The van der Waals surface area contributed by atoms with Gasteiger partial charge < -0.3 is 9.80 Å². The molecule has 2 amide bonds. The topological polar surface area (TPSA) is 40.6 Å². The van der Waals surface area contributed by atoms with Crippen LogP contribution in [0.3, 0.4) is 0 Å². The highest BCUT2D eigenvalue weighted by molar-refractivity contribution is 5.83. The Morgan fingerprint density at radius 2 is 1.32 bits per heavy atom. The molecule has 4 saturated carbocycles. The number of fused-ring (bicyclic) bond motifs is 1. The first-order valence-corrected chi connectivity index (χ1v) is 9.11. The molecule has 0 aromatic carbocycles. The zero-order valence-corrected chi connectivity index (χ0v) is 13.7.